The Morgan fingerprint density at radius 2 is 1.46 bits per heavy atom. The average molecular weight is 425 g/mol. The summed E-state index contributed by atoms with van der Waals surface area (Å²) >= 11 is 6.34. The third-order valence-corrected chi connectivity index (χ3v) is 6.74. The number of hydrogen-bond donors (Lipinski definition) is 1. The SMILES string of the molecule is CC(C)OP(=O)(OC(C)C)C(Nc1ccccc1Cl)c1ccc(N(C)C)cc1. The van der Waals surface area contributed by atoms with Crippen molar-refractivity contribution < 1.29 is 13.6 Å². The van der Waals surface area contributed by atoms with Crippen molar-refractivity contribution in [2.45, 2.75) is 45.7 Å². The summed E-state index contributed by atoms with van der Waals surface area (Å²) in [5, 5.41) is 3.84. The van der Waals surface area contributed by atoms with Gasteiger partial charge in [-0.1, -0.05) is 35.9 Å². The van der Waals surface area contributed by atoms with Crippen molar-refractivity contribution in [1.29, 1.82) is 0 Å². The van der Waals surface area contributed by atoms with Crippen LogP contribution in [0.2, 0.25) is 5.02 Å². The lowest BCUT2D eigenvalue weighted by Crippen LogP contribution is -2.19. The highest BCUT2D eigenvalue weighted by atomic mass is 35.5. The molecule has 1 atom stereocenters. The minimum atomic E-state index is -3.57. The first kappa shape index (κ1) is 22.8. The van der Waals surface area contributed by atoms with Crippen LogP contribution >= 0.6 is 19.2 Å². The maximum Gasteiger partial charge on any atom is 0.357 e. The number of anilines is 2. The molecule has 0 bridgehead atoms. The van der Waals surface area contributed by atoms with Gasteiger partial charge in [-0.15, -0.1) is 0 Å². The summed E-state index contributed by atoms with van der Waals surface area (Å²) in [6.45, 7) is 7.38. The number of halogens is 1. The second-order valence-electron chi connectivity index (χ2n) is 7.36. The van der Waals surface area contributed by atoms with Crippen LogP contribution in [0.3, 0.4) is 0 Å². The van der Waals surface area contributed by atoms with Gasteiger partial charge in [-0.25, -0.2) is 0 Å². The minimum Gasteiger partial charge on any atom is -0.378 e. The number of hydrogen-bond acceptors (Lipinski definition) is 5. The third-order valence-electron chi connectivity index (χ3n) is 3.92. The summed E-state index contributed by atoms with van der Waals surface area (Å²) in [4.78, 5) is 2.01. The van der Waals surface area contributed by atoms with Crippen LogP contribution in [0.1, 0.15) is 39.0 Å². The Hall–Kier alpha value is -1.52. The summed E-state index contributed by atoms with van der Waals surface area (Å²) < 4.78 is 25.7. The summed E-state index contributed by atoms with van der Waals surface area (Å²) in [7, 11) is 0.379. The van der Waals surface area contributed by atoms with E-state index in [9.17, 15) is 4.57 Å². The van der Waals surface area contributed by atoms with E-state index in [-0.39, 0.29) is 12.2 Å². The van der Waals surface area contributed by atoms with Crippen LogP contribution in [0.5, 0.6) is 0 Å². The second-order valence-corrected chi connectivity index (χ2v) is 9.79. The Morgan fingerprint density at radius 3 is 1.93 bits per heavy atom. The molecule has 0 amide bonds. The fourth-order valence-corrected chi connectivity index (χ4v) is 5.25. The molecule has 7 heteroatoms. The summed E-state index contributed by atoms with van der Waals surface area (Å²) in [6.07, 6.45) is -0.526. The van der Waals surface area contributed by atoms with Crippen molar-refractivity contribution in [3.63, 3.8) is 0 Å². The van der Waals surface area contributed by atoms with Crippen LogP contribution in [0, 0.1) is 0 Å². The van der Waals surface area contributed by atoms with E-state index in [0.29, 0.717) is 10.7 Å². The third kappa shape index (κ3) is 5.99. The normalized spacial score (nSPS) is 13.0. The number of nitrogens with zero attached hydrogens (tertiary/aromatic N) is 1. The molecule has 0 radical (unpaired) electrons. The number of para-hydroxylation sites is 1. The minimum absolute atomic E-state index is 0.263. The molecule has 0 aliphatic rings. The molecule has 0 fully saturated rings. The van der Waals surface area contributed by atoms with E-state index in [4.69, 9.17) is 20.6 Å². The standard InChI is InChI=1S/C21H30ClN2O3P/c1-15(2)26-28(25,27-16(3)4)21(23-20-10-8-7-9-19(20)22)17-11-13-18(14-12-17)24(5)6/h7-16,21,23H,1-6H3. The zero-order valence-electron chi connectivity index (χ0n) is 17.3. The molecule has 0 aliphatic heterocycles. The van der Waals surface area contributed by atoms with E-state index >= 15 is 0 Å². The largest absolute Gasteiger partial charge is 0.378 e. The molecule has 2 aromatic carbocycles. The van der Waals surface area contributed by atoms with Crippen LogP contribution < -0.4 is 10.2 Å². The van der Waals surface area contributed by atoms with Crippen molar-refractivity contribution in [1.82, 2.24) is 0 Å². The molecule has 0 aliphatic carbocycles. The van der Waals surface area contributed by atoms with Crippen molar-refractivity contribution in [3.8, 4) is 0 Å². The van der Waals surface area contributed by atoms with Crippen molar-refractivity contribution in [2.24, 2.45) is 0 Å². The number of rotatable bonds is 9. The van der Waals surface area contributed by atoms with Crippen LogP contribution in [0.4, 0.5) is 11.4 Å². The van der Waals surface area contributed by atoms with E-state index in [0.717, 1.165) is 11.3 Å². The van der Waals surface area contributed by atoms with Crippen molar-refractivity contribution in [2.75, 3.05) is 24.3 Å². The molecule has 28 heavy (non-hydrogen) atoms. The van der Waals surface area contributed by atoms with E-state index in [2.05, 4.69) is 5.32 Å². The molecule has 1 N–H and O–H groups in total. The van der Waals surface area contributed by atoms with Gasteiger partial charge in [0.15, 0.2) is 5.78 Å². The Kier molecular flexibility index (Phi) is 7.97. The molecule has 0 heterocycles. The smallest absolute Gasteiger partial charge is 0.357 e. The van der Waals surface area contributed by atoms with Crippen molar-refractivity contribution in [3.05, 3.63) is 59.1 Å². The van der Waals surface area contributed by atoms with Crippen LogP contribution in [0.15, 0.2) is 48.5 Å². The van der Waals surface area contributed by atoms with Gasteiger partial charge in [0.2, 0.25) is 0 Å². The van der Waals surface area contributed by atoms with Gasteiger partial charge in [0.1, 0.15) is 0 Å². The zero-order valence-corrected chi connectivity index (χ0v) is 19.0. The first-order valence-electron chi connectivity index (χ1n) is 9.37. The highest BCUT2D eigenvalue weighted by molar-refractivity contribution is 7.54. The molecule has 5 nitrogen and oxygen atoms in total. The van der Waals surface area contributed by atoms with Gasteiger partial charge in [0.25, 0.3) is 0 Å². The number of nitrogens with one attached hydrogen (secondary N) is 1. The Bertz CT molecular complexity index is 796. The van der Waals surface area contributed by atoms with Crippen LogP contribution in [0.25, 0.3) is 0 Å². The van der Waals surface area contributed by atoms with Crippen LogP contribution in [-0.2, 0) is 13.6 Å². The van der Waals surface area contributed by atoms with Crippen LogP contribution in [-0.4, -0.2) is 26.3 Å². The maximum absolute atomic E-state index is 13.9. The van der Waals surface area contributed by atoms with E-state index in [1.54, 1.807) is 6.07 Å². The predicted molar refractivity (Wildman–Crippen MR) is 119 cm³/mol. The molecule has 0 spiro atoms. The fraction of sp³-hybridized carbons (Fsp3) is 0.429. The quantitative estimate of drug-likeness (QED) is 0.462. The summed E-state index contributed by atoms with van der Waals surface area (Å²) in [6, 6.07) is 15.2. The highest BCUT2D eigenvalue weighted by Crippen LogP contribution is 2.62. The first-order chi connectivity index (χ1) is 13.1. The van der Waals surface area contributed by atoms with Crippen molar-refractivity contribution >= 4 is 30.6 Å². The van der Waals surface area contributed by atoms with Gasteiger partial charge in [-0.2, -0.15) is 0 Å². The monoisotopic (exact) mass is 424 g/mol. The lowest BCUT2D eigenvalue weighted by Gasteiger charge is -2.31. The van der Waals surface area contributed by atoms with Gasteiger partial charge in [0, 0.05) is 19.8 Å². The Labute approximate surface area is 173 Å². The average Bonchev–Trinajstić information content (AvgIpc) is 2.59. The van der Waals surface area contributed by atoms with E-state index in [1.165, 1.54) is 0 Å². The first-order valence-corrected chi connectivity index (χ1v) is 11.4. The summed E-state index contributed by atoms with van der Waals surface area (Å²) in [5.41, 5.74) is 2.52. The molecular weight excluding hydrogens is 395 g/mol. The Morgan fingerprint density at radius 1 is 0.929 bits per heavy atom. The molecule has 0 aromatic heterocycles. The second kappa shape index (κ2) is 9.80. The predicted octanol–water partition coefficient (Wildman–Crippen LogP) is 6.56. The molecule has 0 saturated carbocycles. The molecule has 0 saturated heterocycles. The fourth-order valence-electron chi connectivity index (χ4n) is 2.76. The topological polar surface area (TPSA) is 50.8 Å². The lowest BCUT2D eigenvalue weighted by atomic mass is 10.2. The molecule has 154 valence electrons. The molecular formula is C21H30ClN2O3P. The number of benzene rings is 2. The molecule has 2 rings (SSSR count). The highest BCUT2D eigenvalue weighted by Gasteiger charge is 2.39. The van der Waals surface area contributed by atoms with Gasteiger partial charge >= 0.3 is 7.60 Å². The molecule has 1 unspecified atom stereocenters. The maximum atomic E-state index is 13.9. The summed E-state index contributed by atoms with van der Waals surface area (Å²) in [5.74, 6) is -0.701. The van der Waals surface area contributed by atoms with Gasteiger partial charge in [-0.05, 0) is 57.5 Å². The lowest BCUT2D eigenvalue weighted by molar-refractivity contribution is 0.138. The molecule has 2 aromatic rings. The Balaban J connectivity index is 2.52. The van der Waals surface area contributed by atoms with Gasteiger partial charge < -0.3 is 19.3 Å². The zero-order chi connectivity index (χ0) is 20.9. The van der Waals surface area contributed by atoms with E-state index < -0.39 is 13.4 Å². The van der Waals surface area contributed by atoms with Gasteiger partial charge in [0.05, 0.1) is 22.9 Å². The van der Waals surface area contributed by atoms with Gasteiger partial charge in [-0.3, -0.25) is 4.57 Å². The van der Waals surface area contributed by atoms with E-state index in [1.807, 2.05) is 89.2 Å².